The van der Waals surface area contributed by atoms with Gasteiger partial charge in [0.05, 0.1) is 30.1 Å². The Morgan fingerprint density at radius 3 is 2.21 bits per heavy atom. The molecule has 1 saturated heterocycles. The summed E-state index contributed by atoms with van der Waals surface area (Å²) in [6, 6.07) is 7.87. The fraction of sp³-hybridized carbons (Fsp3) is 0.571. The Hall–Kier alpha value is -1.90. The predicted molar refractivity (Wildman–Crippen MR) is 115 cm³/mol. The van der Waals surface area contributed by atoms with Crippen LogP contribution in [0.4, 0.5) is 5.69 Å². The maximum Gasteiger partial charge on any atom is 0.265 e. The number of anilines is 1. The van der Waals surface area contributed by atoms with Crippen LogP contribution in [0.2, 0.25) is 0 Å². The molecular formula is C21H32N4O3S. The molecular weight excluding hydrogens is 388 g/mol. The van der Waals surface area contributed by atoms with Crippen LogP contribution in [-0.2, 0) is 20.3 Å². The molecule has 0 bridgehead atoms. The molecule has 0 saturated carbocycles. The van der Waals surface area contributed by atoms with Gasteiger partial charge in [0.25, 0.3) is 10.0 Å². The van der Waals surface area contributed by atoms with Gasteiger partial charge < -0.3 is 4.74 Å². The Labute approximate surface area is 174 Å². The predicted octanol–water partition coefficient (Wildman–Crippen LogP) is 3.45. The van der Waals surface area contributed by atoms with Crippen LogP contribution in [0.3, 0.4) is 0 Å². The number of ether oxygens (including phenoxy) is 1. The van der Waals surface area contributed by atoms with Crippen molar-refractivity contribution in [2.75, 3.05) is 31.0 Å². The highest BCUT2D eigenvalue weighted by molar-refractivity contribution is 7.92. The summed E-state index contributed by atoms with van der Waals surface area (Å²) in [4.78, 5) is 2.62. The minimum Gasteiger partial charge on any atom is -0.379 e. The number of rotatable bonds is 5. The second-order valence-electron chi connectivity index (χ2n) is 8.63. The van der Waals surface area contributed by atoms with Gasteiger partial charge in [-0.05, 0) is 59.2 Å². The molecule has 1 aromatic carbocycles. The van der Waals surface area contributed by atoms with Crippen molar-refractivity contribution in [3.8, 4) is 0 Å². The van der Waals surface area contributed by atoms with E-state index in [1.807, 2.05) is 45.0 Å². The molecule has 0 radical (unpaired) electrons. The van der Waals surface area contributed by atoms with Crippen molar-refractivity contribution in [3.63, 3.8) is 0 Å². The van der Waals surface area contributed by atoms with Crippen LogP contribution in [0.5, 0.6) is 0 Å². The summed E-state index contributed by atoms with van der Waals surface area (Å²) in [7, 11) is -3.73. The summed E-state index contributed by atoms with van der Waals surface area (Å²) in [6.07, 6.45) is 0. The number of hydrogen-bond acceptors (Lipinski definition) is 5. The third-order valence-corrected chi connectivity index (χ3v) is 7.00. The Balaban J connectivity index is 1.80. The van der Waals surface area contributed by atoms with Crippen LogP contribution in [0.15, 0.2) is 29.2 Å². The molecule has 0 spiro atoms. The van der Waals surface area contributed by atoms with E-state index in [1.54, 1.807) is 18.5 Å². The van der Waals surface area contributed by atoms with Crippen LogP contribution >= 0.6 is 0 Å². The van der Waals surface area contributed by atoms with E-state index in [9.17, 15) is 8.42 Å². The smallest absolute Gasteiger partial charge is 0.265 e. The van der Waals surface area contributed by atoms with Gasteiger partial charge in [0, 0.05) is 24.8 Å². The molecule has 1 N–H and O–H groups in total. The Bertz CT molecular complexity index is 953. The zero-order valence-corrected chi connectivity index (χ0v) is 19.0. The van der Waals surface area contributed by atoms with Crippen LogP contribution in [0, 0.1) is 13.8 Å². The van der Waals surface area contributed by atoms with Crippen molar-refractivity contribution in [1.29, 1.82) is 0 Å². The second-order valence-corrected chi connectivity index (χ2v) is 10.3. The van der Waals surface area contributed by atoms with Crippen molar-refractivity contribution in [1.82, 2.24) is 14.7 Å². The normalized spacial score (nSPS) is 17.3. The van der Waals surface area contributed by atoms with Gasteiger partial charge in [-0.15, -0.1) is 0 Å². The first-order valence-corrected chi connectivity index (χ1v) is 11.5. The maximum absolute atomic E-state index is 13.1. The average molecular weight is 421 g/mol. The fourth-order valence-corrected chi connectivity index (χ4v) is 5.34. The third kappa shape index (κ3) is 4.65. The van der Waals surface area contributed by atoms with Gasteiger partial charge in [-0.25, -0.2) is 8.42 Å². The molecule has 1 fully saturated rings. The lowest BCUT2D eigenvalue weighted by atomic mass is 10.1. The molecule has 1 aliphatic heterocycles. The van der Waals surface area contributed by atoms with Crippen molar-refractivity contribution in [3.05, 3.63) is 41.2 Å². The number of hydrogen-bond donors (Lipinski definition) is 1. The number of benzene rings is 1. The highest BCUT2D eigenvalue weighted by Gasteiger charge is 2.28. The Morgan fingerprint density at radius 2 is 1.69 bits per heavy atom. The fourth-order valence-electron chi connectivity index (χ4n) is 3.88. The lowest BCUT2D eigenvalue weighted by Crippen LogP contribution is -2.37. The molecule has 29 heavy (non-hydrogen) atoms. The highest BCUT2D eigenvalue weighted by Crippen LogP contribution is 2.28. The molecule has 1 aromatic heterocycles. The summed E-state index contributed by atoms with van der Waals surface area (Å²) in [5, 5.41) is 4.46. The summed E-state index contributed by atoms with van der Waals surface area (Å²) in [5.74, 6) is 0. The first-order valence-electron chi connectivity index (χ1n) is 10.0. The number of sulfonamides is 1. The van der Waals surface area contributed by atoms with Crippen LogP contribution in [0.1, 0.15) is 50.7 Å². The minimum atomic E-state index is -3.73. The van der Waals surface area contributed by atoms with Gasteiger partial charge in [-0.2, -0.15) is 5.10 Å². The van der Waals surface area contributed by atoms with Gasteiger partial charge in [0.15, 0.2) is 0 Å². The first-order chi connectivity index (χ1) is 13.5. The molecule has 1 unspecified atom stereocenters. The first kappa shape index (κ1) is 21.8. The highest BCUT2D eigenvalue weighted by atomic mass is 32.2. The monoisotopic (exact) mass is 420 g/mol. The summed E-state index contributed by atoms with van der Waals surface area (Å²) in [6.45, 7) is 15.0. The average Bonchev–Trinajstić information content (AvgIpc) is 2.97. The van der Waals surface area contributed by atoms with Crippen LogP contribution in [-0.4, -0.2) is 49.4 Å². The standard InChI is InChI=1S/C21H32N4O3S/c1-15-20(17(3)25(22-15)21(4,5)6)29(26,27)23-19-9-7-18(8-10-19)16(2)24-11-13-28-14-12-24/h7-10,16,23H,11-14H2,1-6H3. The quantitative estimate of drug-likeness (QED) is 0.802. The lowest BCUT2D eigenvalue weighted by Gasteiger charge is -2.32. The summed E-state index contributed by atoms with van der Waals surface area (Å²) < 4.78 is 36.0. The van der Waals surface area contributed by atoms with E-state index in [0.717, 1.165) is 31.9 Å². The number of nitrogens with zero attached hydrogens (tertiary/aromatic N) is 3. The van der Waals surface area contributed by atoms with Crippen molar-refractivity contribution in [2.45, 2.75) is 58.0 Å². The molecule has 0 amide bonds. The van der Waals surface area contributed by atoms with E-state index >= 15 is 0 Å². The zero-order chi connectivity index (χ0) is 21.4. The molecule has 2 heterocycles. The summed E-state index contributed by atoms with van der Waals surface area (Å²) in [5.41, 5.74) is 2.55. The Morgan fingerprint density at radius 1 is 1.10 bits per heavy atom. The van der Waals surface area contributed by atoms with Crippen molar-refractivity contribution in [2.24, 2.45) is 0 Å². The van der Waals surface area contributed by atoms with E-state index in [0.29, 0.717) is 17.1 Å². The van der Waals surface area contributed by atoms with Gasteiger partial charge in [0.2, 0.25) is 0 Å². The number of aromatic nitrogens is 2. The minimum absolute atomic E-state index is 0.248. The number of nitrogens with one attached hydrogen (secondary N) is 1. The van der Waals surface area contributed by atoms with Crippen molar-refractivity contribution >= 4 is 15.7 Å². The molecule has 7 nitrogen and oxygen atoms in total. The van der Waals surface area contributed by atoms with Crippen LogP contribution < -0.4 is 4.72 Å². The van der Waals surface area contributed by atoms with Gasteiger partial charge in [-0.1, -0.05) is 12.1 Å². The largest absolute Gasteiger partial charge is 0.379 e. The molecule has 160 valence electrons. The van der Waals surface area contributed by atoms with E-state index in [-0.39, 0.29) is 16.5 Å². The summed E-state index contributed by atoms with van der Waals surface area (Å²) >= 11 is 0. The third-order valence-electron chi connectivity index (χ3n) is 5.37. The molecule has 0 aliphatic carbocycles. The van der Waals surface area contributed by atoms with E-state index in [4.69, 9.17) is 4.74 Å². The topological polar surface area (TPSA) is 76.5 Å². The van der Waals surface area contributed by atoms with Crippen molar-refractivity contribution < 1.29 is 13.2 Å². The van der Waals surface area contributed by atoms with E-state index < -0.39 is 10.0 Å². The Kier molecular flexibility index (Phi) is 6.08. The molecule has 1 aliphatic rings. The lowest BCUT2D eigenvalue weighted by molar-refractivity contribution is 0.0198. The van der Waals surface area contributed by atoms with Gasteiger partial charge >= 0.3 is 0 Å². The SMILES string of the molecule is Cc1nn(C(C)(C)C)c(C)c1S(=O)(=O)Nc1ccc(C(C)N2CCOCC2)cc1. The molecule has 1 atom stereocenters. The molecule has 3 rings (SSSR count). The van der Waals surface area contributed by atoms with Gasteiger partial charge in [-0.3, -0.25) is 14.3 Å². The number of aryl methyl sites for hydroxylation is 1. The zero-order valence-electron chi connectivity index (χ0n) is 18.2. The molecule has 2 aromatic rings. The maximum atomic E-state index is 13.1. The van der Waals surface area contributed by atoms with Gasteiger partial charge in [0.1, 0.15) is 4.90 Å². The van der Waals surface area contributed by atoms with E-state index in [1.165, 1.54) is 0 Å². The molecule has 8 heteroatoms. The number of morpholine rings is 1. The van der Waals surface area contributed by atoms with E-state index in [2.05, 4.69) is 21.6 Å². The van der Waals surface area contributed by atoms with Crippen LogP contribution in [0.25, 0.3) is 0 Å². The second kappa shape index (κ2) is 8.08.